The molecule has 0 saturated carbocycles. The van der Waals surface area contributed by atoms with Gasteiger partial charge in [-0.2, -0.15) is 4.98 Å². The van der Waals surface area contributed by atoms with E-state index in [1.54, 1.807) is 0 Å². The van der Waals surface area contributed by atoms with Crippen molar-refractivity contribution < 1.29 is 9.53 Å². The van der Waals surface area contributed by atoms with Gasteiger partial charge in [0.1, 0.15) is 5.69 Å². The van der Waals surface area contributed by atoms with Crippen LogP contribution in [0, 0.1) is 0 Å². The second kappa shape index (κ2) is 5.01. The van der Waals surface area contributed by atoms with Gasteiger partial charge in [-0.3, -0.25) is 15.1 Å². The third kappa shape index (κ3) is 2.74. The number of hydrogen-bond acceptors (Lipinski definition) is 6. The van der Waals surface area contributed by atoms with Gasteiger partial charge in [0, 0.05) is 12.4 Å². The molecule has 0 aromatic carbocycles. The highest BCUT2D eigenvalue weighted by molar-refractivity contribution is 6.01. The van der Waals surface area contributed by atoms with E-state index < -0.39 is 5.91 Å². The Bertz CT molecular complexity index is 497. The second-order valence-corrected chi connectivity index (χ2v) is 2.94. The van der Waals surface area contributed by atoms with E-state index in [0.29, 0.717) is 6.61 Å². The molecule has 0 spiro atoms. The molecule has 17 heavy (non-hydrogen) atoms. The first-order valence-electron chi connectivity index (χ1n) is 4.92. The van der Waals surface area contributed by atoms with Crippen molar-refractivity contribution in [3.63, 3.8) is 0 Å². The van der Waals surface area contributed by atoms with E-state index in [9.17, 15) is 4.79 Å². The van der Waals surface area contributed by atoms with Crippen LogP contribution in [0.5, 0.6) is 6.01 Å². The third-order valence-electron chi connectivity index (χ3n) is 1.77. The van der Waals surface area contributed by atoms with Gasteiger partial charge in [-0.1, -0.05) is 0 Å². The number of nitrogens with one attached hydrogen (secondary N) is 2. The molecule has 0 aliphatic heterocycles. The molecule has 8 nitrogen and oxygen atoms in total. The summed E-state index contributed by atoms with van der Waals surface area (Å²) in [4.78, 5) is 23.2. The Morgan fingerprint density at radius 3 is 3.12 bits per heavy atom. The van der Waals surface area contributed by atoms with E-state index in [0.717, 1.165) is 0 Å². The number of aromatic nitrogens is 5. The minimum atomic E-state index is -0.419. The fraction of sp³-hybridized carbons (Fsp3) is 0.222. The first-order chi connectivity index (χ1) is 8.29. The molecule has 2 rings (SSSR count). The lowest BCUT2D eigenvalue weighted by atomic mass is 10.4. The molecule has 0 bridgehead atoms. The summed E-state index contributed by atoms with van der Waals surface area (Å²) >= 11 is 0. The number of carbonyl (C=O) groups excluding carboxylic acids is 1. The Labute approximate surface area is 96.5 Å². The standard InChI is InChI=1S/C9H10N6O2/c1-2-17-9-13-8(14-15-9)12-7(16)6-5-10-3-4-11-6/h3-5H,2H2,1H3,(H2,12,13,14,15,16). The molecule has 0 atom stereocenters. The van der Waals surface area contributed by atoms with Gasteiger partial charge in [0.15, 0.2) is 0 Å². The molecule has 0 fully saturated rings. The van der Waals surface area contributed by atoms with Gasteiger partial charge in [-0.05, 0) is 6.92 Å². The van der Waals surface area contributed by atoms with Gasteiger partial charge in [0.2, 0.25) is 5.95 Å². The first-order valence-corrected chi connectivity index (χ1v) is 4.92. The van der Waals surface area contributed by atoms with Crippen molar-refractivity contribution in [2.24, 2.45) is 0 Å². The topological polar surface area (TPSA) is 106 Å². The Morgan fingerprint density at radius 2 is 2.41 bits per heavy atom. The lowest BCUT2D eigenvalue weighted by molar-refractivity contribution is 0.102. The molecule has 0 aliphatic carbocycles. The van der Waals surface area contributed by atoms with Crippen LogP contribution in [0.3, 0.4) is 0 Å². The molecule has 1 amide bonds. The van der Waals surface area contributed by atoms with Gasteiger partial charge < -0.3 is 4.74 Å². The largest absolute Gasteiger partial charge is 0.463 e. The number of ether oxygens (including phenoxy) is 1. The van der Waals surface area contributed by atoms with Crippen LogP contribution in [0.15, 0.2) is 18.6 Å². The lowest BCUT2D eigenvalue weighted by Crippen LogP contribution is -2.14. The molecular weight excluding hydrogens is 224 g/mol. The van der Waals surface area contributed by atoms with Crippen LogP contribution in [0.1, 0.15) is 17.4 Å². The van der Waals surface area contributed by atoms with Crippen molar-refractivity contribution in [2.45, 2.75) is 6.92 Å². The van der Waals surface area contributed by atoms with Gasteiger partial charge in [-0.15, -0.1) is 5.10 Å². The molecule has 88 valence electrons. The zero-order chi connectivity index (χ0) is 12.1. The van der Waals surface area contributed by atoms with Crippen molar-refractivity contribution in [1.82, 2.24) is 25.1 Å². The minimum Gasteiger partial charge on any atom is -0.463 e. The summed E-state index contributed by atoms with van der Waals surface area (Å²) in [5, 5.41) is 8.75. The van der Waals surface area contributed by atoms with E-state index in [2.05, 4.69) is 30.5 Å². The highest BCUT2D eigenvalue weighted by atomic mass is 16.5. The monoisotopic (exact) mass is 234 g/mol. The van der Waals surface area contributed by atoms with Gasteiger partial charge in [-0.25, -0.2) is 10.1 Å². The number of H-pyrrole nitrogens is 1. The number of amides is 1. The average molecular weight is 234 g/mol. The molecule has 0 radical (unpaired) electrons. The van der Waals surface area contributed by atoms with E-state index in [-0.39, 0.29) is 17.7 Å². The van der Waals surface area contributed by atoms with Crippen LogP contribution in [-0.4, -0.2) is 37.7 Å². The average Bonchev–Trinajstić information content (AvgIpc) is 2.78. The predicted octanol–water partition coefficient (Wildman–Crippen LogP) is 0.246. The van der Waals surface area contributed by atoms with E-state index in [1.807, 2.05) is 6.92 Å². The smallest absolute Gasteiger partial charge is 0.337 e. The van der Waals surface area contributed by atoms with E-state index >= 15 is 0 Å². The van der Waals surface area contributed by atoms with Crippen molar-refractivity contribution in [3.05, 3.63) is 24.3 Å². The molecule has 2 heterocycles. The van der Waals surface area contributed by atoms with Crippen LogP contribution in [0.4, 0.5) is 5.95 Å². The fourth-order valence-electron chi connectivity index (χ4n) is 1.08. The summed E-state index contributed by atoms with van der Waals surface area (Å²) in [6.07, 6.45) is 4.27. The normalized spacial score (nSPS) is 9.94. The lowest BCUT2D eigenvalue weighted by Gasteiger charge is -1.98. The molecule has 0 saturated heterocycles. The summed E-state index contributed by atoms with van der Waals surface area (Å²) in [5.74, 6) is -0.221. The van der Waals surface area contributed by atoms with Gasteiger partial charge in [0.05, 0.1) is 12.8 Å². The molecule has 0 unspecified atom stereocenters. The SMILES string of the molecule is CCOc1n[nH]c(NC(=O)c2cnccn2)n1. The Morgan fingerprint density at radius 1 is 1.53 bits per heavy atom. The summed E-state index contributed by atoms with van der Waals surface area (Å²) in [6.45, 7) is 2.27. The van der Waals surface area contributed by atoms with Crippen LogP contribution < -0.4 is 10.1 Å². The third-order valence-corrected chi connectivity index (χ3v) is 1.77. The maximum absolute atomic E-state index is 11.6. The number of rotatable bonds is 4. The number of nitrogens with zero attached hydrogens (tertiary/aromatic N) is 4. The second-order valence-electron chi connectivity index (χ2n) is 2.94. The molecule has 8 heteroatoms. The van der Waals surface area contributed by atoms with Crippen LogP contribution in [-0.2, 0) is 0 Å². The highest BCUT2D eigenvalue weighted by Gasteiger charge is 2.10. The van der Waals surface area contributed by atoms with Crippen molar-refractivity contribution in [3.8, 4) is 6.01 Å². The summed E-state index contributed by atoms with van der Waals surface area (Å²) in [7, 11) is 0. The van der Waals surface area contributed by atoms with Crippen molar-refractivity contribution in [1.29, 1.82) is 0 Å². The van der Waals surface area contributed by atoms with Gasteiger partial charge >= 0.3 is 6.01 Å². The summed E-state index contributed by atoms with van der Waals surface area (Å²) < 4.78 is 5.04. The maximum Gasteiger partial charge on any atom is 0.337 e. The van der Waals surface area contributed by atoms with E-state index in [1.165, 1.54) is 18.6 Å². The molecule has 2 aromatic heterocycles. The zero-order valence-corrected chi connectivity index (χ0v) is 9.04. The quantitative estimate of drug-likeness (QED) is 0.785. The number of aromatic amines is 1. The molecule has 2 N–H and O–H groups in total. The number of carbonyl (C=O) groups is 1. The van der Waals surface area contributed by atoms with Crippen molar-refractivity contribution in [2.75, 3.05) is 11.9 Å². The van der Waals surface area contributed by atoms with Gasteiger partial charge in [0.25, 0.3) is 5.91 Å². The Hall–Kier alpha value is -2.51. The predicted molar refractivity (Wildman–Crippen MR) is 57.5 cm³/mol. The summed E-state index contributed by atoms with van der Waals surface area (Å²) in [5.41, 5.74) is 0.196. The summed E-state index contributed by atoms with van der Waals surface area (Å²) in [6, 6.07) is 0.182. The first kappa shape index (κ1) is 11.0. The van der Waals surface area contributed by atoms with Crippen molar-refractivity contribution >= 4 is 11.9 Å². The maximum atomic E-state index is 11.6. The van der Waals surface area contributed by atoms with Crippen LogP contribution in [0.25, 0.3) is 0 Å². The highest BCUT2D eigenvalue weighted by Crippen LogP contribution is 2.06. The Kier molecular flexibility index (Phi) is 3.24. The van der Waals surface area contributed by atoms with E-state index in [4.69, 9.17) is 4.74 Å². The zero-order valence-electron chi connectivity index (χ0n) is 9.04. The Balaban J connectivity index is 2.03. The molecule has 0 aliphatic rings. The minimum absolute atomic E-state index is 0.182. The molecule has 2 aromatic rings. The number of anilines is 1. The van der Waals surface area contributed by atoms with Crippen LogP contribution in [0.2, 0.25) is 0 Å². The number of hydrogen-bond donors (Lipinski definition) is 2. The fourth-order valence-corrected chi connectivity index (χ4v) is 1.08. The molecular formula is C9H10N6O2. The van der Waals surface area contributed by atoms with Crippen LogP contribution >= 0.6 is 0 Å².